The molecule has 1 fully saturated rings. The van der Waals surface area contributed by atoms with Crippen molar-refractivity contribution >= 4 is 5.91 Å². The average molecular weight is 491 g/mol. The van der Waals surface area contributed by atoms with Crippen molar-refractivity contribution in [3.63, 3.8) is 0 Å². The number of amides is 1. The minimum Gasteiger partial charge on any atom is -0.497 e. The van der Waals surface area contributed by atoms with Gasteiger partial charge in [-0.15, -0.1) is 0 Å². The molecule has 0 radical (unpaired) electrons. The van der Waals surface area contributed by atoms with Gasteiger partial charge in [0.15, 0.2) is 0 Å². The molecular formula is C27H30N4O5. The lowest BCUT2D eigenvalue weighted by atomic mass is 10.0. The third-order valence-corrected chi connectivity index (χ3v) is 6.52. The molecule has 36 heavy (non-hydrogen) atoms. The van der Waals surface area contributed by atoms with Crippen molar-refractivity contribution in [3.05, 3.63) is 71.9 Å². The van der Waals surface area contributed by atoms with E-state index < -0.39 is 0 Å². The number of aryl methyl sites for hydroxylation is 1. The monoisotopic (exact) mass is 490 g/mol. The van der Waals surface area contributed by atoms with E-state index in [9.17, 15) is 4.79 Å². The standard InChI is InChI=1S/C27H30N4O5/c1-5-35-19-8-6-18(7-9-19)22-15-24-27(32)30(12-13-31(24)29-22)16-23-17(2)36-26(28-23)21-11-10-20(33-3)14-25(21)34-4/h6-14,22,24,29H,5,15-16H2,1-4H3. The van der Waals surface area contributed by atoms with Crippen molar-refractivity contribution in [2.75, 3.05) is 20.8 Å². The van der Waals surface area contributed by atoms with Gasteiger partial charge in [-0.2, -0.15) is 0 Å². The van der Waals surface area contributed by atoms with E-state index in [4.69, 9.17) is 18.6 Å². The first-order valence-electron chi connectivity index (χ1n) is 12.0. The minimum absolute atomic E-state index is 0.0180. The second-order valence-corrected chi connectivity index (χ2v) is 8.69. The SMILES string of the molecule is CCOc1ccc(C2CC3C(=O)N(Cc4nc(-c5ccc(OC)cc5OC)oc4C)C=CN3N2)cc1. The number of rotatable bonds is 8. The molecule has 1 N–H and O–H groups in total. The molecule has 9 heteroatoms. The van der Waals surface area contributed by atoms with Gasteiger partial charge in [0.05, 0.1) is 39.0 Å². The molecule has 0 saturated carbocycles. The number of hydrogen-bond acceptors (Lipinski definition) is 8. The first kappa shape index (κ1) is 23.7. The van der Waals surface area contributed by atoms with Gasteiger partial charge in [-0.25, -0.2) is 10.4 Å². The summed E-state index contributed by atoms with van der Waals surface area (Å²) in [5, 5.41) is 1.89. The van der Waals surface area contributed by atoms with Gasteiger partial charge in [-0.1, -0.05) is 12.1 Å². The third kappa shape index (κ3) is 4.49. The molecule has 2 unspecified atom stereocenters. The number of nitrogens with one attached hydrogen (secondary N) is 1. The maximum atomic E-state index is 13.4. The van der Waals surface area contributed by atoms with Gasteiger partial charge in [0.2, 0.25) is 5.89 Å². The van der Waals surface area contributed by atoms with E-state index in [1.165, 1.54) is 0 Å². The summed E-state index contributed by atoms with van der Waals surface area (Å²) in [5.74, 6) is 3.24. The molecule has 0 bridgehead atoms. The highest BCUT2D eigenvalue weighted by atomic mass is 16.5. The number of carbonyl (C=O) groups is 1. The number of methoxy groups -OCH3 is 2. The highest BCUT2D eigenvalue weighted by Crippen LogP contribution is 2.35. The highest BCUT2D eigenvalue weighted by molar-refractivity contribution is 5.84. The number of hydrazine groups is 1. The molecule has 2 atom stereocenters. The van der Waals surface area contributed by atoms with Gasteiger partial charge < -0.3 is 28.5 Å². The zero-order valence-electron chi connectivity index (χ0n) is 20.9. The summed E-state index contributed by atoms with van der Waals surface area (Å²) in [6.45, 7) is 4.77. The van der Waals surface area contributed by atoms with E-state index in [1.807, 2.05) is 61.5 Å². The topological polar surface area (TPSA) is 89.3 Å². The van der Waals surface area contributed by atoms with Gasteiger partial charge in [-0.05, 0) is 50.1 Å². The van der Waals surface area contributed by atoms with Crippen LogP contribution < -0.4 is 19.6 Å². The molecule has 0 aliphatic carbocycles. The maximum Gasteiger partial charge on any atom is 0.251 e. The van der Waals surface area contributed by atoms with Gasteiger partial charge in [0.1, 0.15) is 34.7 Å². The predicted octanol–water partition coefficient (Wildman–Crippen LogP) is 4.20. The number of ether oxygens (including phenoxy) is 3. The first-order valence-corrected chi connectivity index (χ1v) is 12.0. The summed E-state index contributed by atoms with van der Waals surface area (Å²) in [6.07, 6.45) is 4.36. The number of hydrogen-bond donors (Lipinski definition) is 1. The number of benzene rings is 2. The van der Waals surface area contributed by atoms with Crippen LogP contribution in [0.1, 0.15) is 36.4 Å². The maximum absolute atomic E-state index is 13.4. The van der Waals surface area contributed by atoms with Crippen LogP contribution in [0.25, 0.3) is 11.5 Å². The Morgan fingerprint density at radius 3 is 2.58 bits per heavy atom. The Morgan fingerprint density at radius 2 is 1.86 bits per heavy atom. The van der Waals surface area contributed by atoms with E-state index in [-0.39, 0.29) is 18.0 Å². The second-order valence-electron chi connectivity index (χ2n) is 8.69. The molecule has 1 aromatic heterocycles. The fourth-order valence-electron chi connectivity index (χ4n) is 4.57. The van der Waals surface area contributed by atoms with E-state index in [2.05, 4.69) is 10.4 Å². The summed E-state index contributed by atoms with van der Waals surface area (Å²) in [4.78, 5) is 19.8. The zero-order chi connectivity index (χ0) is 25.2. The van der Waals surface area contributed by atoms with Crippen molar-refractivity contribution in [1.29, 1.82) is 0 Å². The molecule has 0 spiro atoms. The molecule has 3 heterocycles. The van der Waals surface area contributed by atoms with Crippen molar-refractivity contribution in [1.82, 2.24) is 20.3 Å². The van der Waals surface area contributed by atoms with Crippen LogP contribution >= 0.6 is 0 Å². The van der Waals surface area contributed by atoms with E-state index >= 15 is 0 Å². The zero-order valence-corrected chi connectivity index (χ0v) is 20.9. The Labute approximate surface area is 210 Å². The molecule has 188 valence electrons. The summed E-state index contributed by atoms with van der Waals surface area (Å²) < 4.78 is 22.3. The van der Waals surface area contributed by atoms with Crippen LogP contribution in [0.3, 0.4) is 0 Å². The molecular weight excluding hydrogens is 460 g/mol. The van der Waals surface area contributed by atoms with E-state index in [0.717, 1.165) is 16.9 Å². The molecule has 9 nitrogen and oxygen atoms in total. The molecule has 3 aromatic rings. The molecule has 2 aliphatic heterocycles. The van der Waals surface area contributed by atoms with Crippen LogP contribution in [0, 0.1) is 6.92 Å². The molecule has 1 amide bonds. The largest absolute Gasteiger partial charge is 0.497 e. The smallest absolute Gasteiger partial charge is 0.251 e. The quantitative estimate of drug-likeness (QED) is 0.503. The lowest BCUT2D eigenvalue weighted by Gasteiger charge is -2.31. The third-order valence-electron chi connectivity index (χ3n) is 6.52. The Kier molecular flexibility index (Phi) is 6.56. The van der Waals surface area contributed by atoms with E-state index in [0.29, 0.717) is 48.4 Å². The normalized spacial score (nSPS) is 18.9. The molecule has 2 aliphatic rings. The van der Waals surface area contributed by atoms with Crippen molar-refractivity contribution in [2.24, 2.45) is 0 Å². The van der Waals surface area contributed by atoms with Crippen LogP contribution in [0.15, 0.2) is 59.3 Å². The summed E-state index contributed by atoms with van der Waals surface area (Å²) >= 11 is 0. The van der Waals surface area contributed by atoms with Crippen molar-refractivity contribution < 1.29 is 23.4 Å². The summed E-state index contributed by atoms with van der Waals surface area (Å²) in [5.41, 5.74) is 5.97. The molecule has 1 saturated heterocycles. The van der Waals surface area contributed by atoms with Crippen LogP contribution in [0.2, 0.25) is 0 Å². The average Bonchev–Trinajstić information content (AvgIpc) is 3.50. The highest BCUT2D eigenvalue weighted by Gasteiger charge is 2.40. The number of oxazole rings is 1. The Hall–Kier alpha value is -3.98. The Morgan fingerprint density at radius 1 is 1.08 bits per heavy atom. The number of carbonyl (C=O) groups excluding carboxylic acids is 1. The van der Waals surface area contributed by atoms with Crippen LogP contribution in [0.4, 0.5) is 0 Å². The van der Waals surface area contributed by atoms with Crippen molar-refractivity contribution in [2.45, 2.75) is 38.9 Å². The van der Waals surface area contributed by atoms with Gasteiger partial charge >= 0.3 is 0 Å². The predicted molar refractivity (Wildman–Crippen MR) is 133 cm³/mol. The number of fused-ring (bicyclic) bond motifs is 1. The first-order chi connectivity index (χ1) is 17.5. The minimum atomic E-state index is -0.292. The fraction of sp³-hybridized carbons (Fsp3) is 0.333. The van der Waals surface area contributed by atoms with E-state index in [1.54, 1.807) is 31.4 Å². The Bertz CT molecular complexity index is 1270. The van der Waals surface area contributed by atoms with Crippen LogP contribution in [0.5, 0.6) is 17.2 Å². The summed E-state index contributed by atoms with van der Waals surface area (Å²) in [6, 6.07) is 13.2. The van der Waals surface area contributed by atoms with Gasteiger partial charge in [-0.3, -0.25) is 4.79 Å². The Balaban J connectivity index is 1.29. The van der Waals surface area contributed by atoms with Gasteiger partial charge in [0, 0.05) is 18.5 Å². The lowest BCUT2D eigenvalue weighted by Crippen LogP contribution is -2.47. The van der Waals surface area contributed by atoms with Crippen LogP contribution in [-0.4, -0.2) is 47.7 Å². The number of nitrogens with zero attached hydrogens (tertiary/aromatic N) is 3. The fourth-order valence-corrected chi connectivity index (χ4v) is 4.57. The van der Waals surface area contributed by atoms with Gasteiger partial charge in [0.25, 0.3) is 5.91 Å². The van der Waals surface area contributed by atoms with Crippen LogP contribution in [-0.2, 0) is 11.3 Å². The summed E-state index contributed by atoms with van der Waals surface area (Å²) in [7, 11) is 3.19. The lowest BCUT2D eigenvalue weighted by molar-refractivity contribution is -0.135. The molecule has 5 rings (SSSR count). The second kappa shape index (κ2) is 9.94. The molecule has 2 aromatic carbocycles. The number of aromatic nitrogens is 1. The van der Waals surface area contributed by atoms with Crippen molar-refractivity contribution in [3.8, 4) is 28.7 Å².